The monoisotopic (exact) mass is 350 g/mol. The van der Waals surface area contributed by atoms with Crippen LogP contribution in [0.3, 0.4) is 0 Å². The summed E-state index contributed by atoms with van der Waals surface area (Å²) < 4.78 is 10.4. The lowest BCUT2D eigenvalue weighted by atomic mass is 10.1. The molecule has 2 rings (SSSR count). The summed E-state index contributed by atoms with van der Waals surface area (Å²) in [6, 6.07) is 5.13. The number of carbonyl (C=O) groups excluding carboxylic acids is 2. The first-order valence-electron chi connectivity index (χ1n) is 7.86. The van der Waals surface area contributed by atoms with Gasteiger partial charge in [-0.3, -0.25) is 14.4 Å². The smallest absolute Gasteiger partial charge is 0.305 e. The number of anilines is 1. The second kappa shape index (κ2) is 7.87. The van der Waals surface area contributed by atoms with E-state index in [1.54, 1.807) is 25.2 Å². The molecule has 136 valence electrons. The van der Waals surface area contributed by atoms with E-state index in [0.29, 0.717) is 17.2 Å². The molecule has 0 saturated carbocycles. The van der Waals surface area contributed by atoms with E-state index in [4.69, 9.17) is 14.6 Å². The van der Waals surface area contributed by atoms with Crippen LogP contribution in [-0.2, 0) is 14.4 Å². The number of benzene rings is 1. The molecule has 0 bridgehead atoms. The van der Waals surface area contributed by atoms with Gasteiger partial charge < -0.3 is 24.4 Å². The van der Waals surface area contributed by atoms with Crippen molar-refractivity contribution in [3.8, 4) is 11.5 Å². The number of hydrogen-bond acceptors (Lipinski definition) is 5. The van der Waals surface area contributed by atoms with Crippen LogP contribution in [0.15, 0.2) is 18.2 Å². The zero-order valence-electron chi connectivity index (χ0n) is 14.5. The van der Waals surface area contributed by atoms with E-state index in [-0.39, 0.29) is 37.7 Å². The van der Waals surface area contributed by atoms with Gasteiger partial charge in [0.1, 0.15) is 0 Å². The molecule has 1 aliphatic rings. The summed E-state index contributed by atoms with van der Waals surface area (Å²) in [5, 5.41) is 8.71. The number of rotatable bonds is 7. The van der Waals surface area contributed by atoms with Crippen molar-refractivity contribution in [2.75, 3.05) is 39.3 Å². The fraction of sp³-hybridized carbons (Fsp3) is 0.471. The van der Waals surface area contributed by atoms with E-state index in [2.05, 4.69) is 0 Å². The van der Waals surface area contributed by atoms with Gasteiger partial charge in [0, 0.05) is 38.3 Å². The van der Waals surface area contributed by atoms with Gasteiger partial charge in [-0.1, -0.05) is 0 Å². The number of carboxylic acid groups (broad SMARTS) is 1. The van der Waals surface area contributed by atoms with Crippen LogP contribution < -0.4 is 14.4 Å². The minimum absolute atomic E-state index is 0.102. The van der Waals surface area contributed by atoms with Gasteiger partial charge >= 0.3 is 5.97 Å². The summed E-state index contributed by atoms with van der Waals surface area (Å²) in [6.45, 7) is 0.375. The predicted molar refractivity (Wildman–Crippen MR) is 89.9 cm³/mol. The van der Waals surface area contributed by atoms with Crippen molar-refractivity contribution in [1.82, 2.24) is 4.90 Å². The average Bonchev–Trinajstić information content (AvgIpc) is 2.99. The molecular weight excluding hydrogens is 328 g/mol. The van der Waals surface area contributed by atoms with Gasteiger partial charge in [-0.15, -0.1) is 0 Å². The van der Waals surface area contributed by atoms with Crippen molar-refractivity contribution in [2.24, 2.45) is 5.92 Å². The fourth-order valence-corrected chi connectivity index (χ4v) is 2.80. The summed E-state index contributed by atoms with van der Waals surface area (Å²) in [5.41, 5.74) is 0.631. The highest BCUT2D eigenvalue weighted by molar-refractivity contribution is 6.00. The molecule has 1 atom stereocenters. The first kappa shape index (κ1) is 18.6. The Balaban J connectivity index is 2.09. The second-order valence-electron chi connectivity index (χ2n) is 5.85. The minimum atomic E-state index is -0.964. The molecule has 1 N–H and O–H groups in total. The number of methoxy groups -OCH3 is 2. The van der Waals surface area contributed by atoms with Crippen LogP contribution in [0.4, 0.5) is 5.69 Å². The number of amides is 2. The number of carbonyl (C=O) groups is 3. The molecule has 1 aromatic carbocycles. The quantitative estimate of drug-likeness (QED) is 0.788. The van der Waals surface area contributed by atoms with Crippen molar-refractivity contribution in [3.63, 3.8) is 0 Å². The number of aliphatic carboxylic acids is 1. The number of carboxylic acids is 1. The van der Waals surface area contributed by atoms with E-state index >= 15 is 0 Å². The van der Waals surface area contributed by atoms with Crippen LogP contribution in [0.5, 0.6) is 11.5 Å². The van der Waals surface area contributed by atoms with Crippen molar-refractivity contribution in [2.45, 2.75) is 12.8 Å². The summed E-state index contributed by atoms with van der Waals surface area (Å²) in [7, 11) is 4.59. The molecule has 8 nitrogen and oxygen atoms in total. The summed E-state index contributed by atoms with van der Waals surface area (Å²) >= 11 is 0. The molecule has 1 unspecified atom stereocenters. The Morgan fingerprint density at radius 1 is 1.28 bits per heavy atom. The Hall–Kier alpha value is -2.77. The maximum Gasteiger partial charge on any atom is 0.305 e. The molecule has 1 saturated heterocycles. The van der Waals surface area contributed by atoms with Gasteiger partial charge in [-0.2, -0.15) is 0 Å². The zero-order chi connectivity index (χ0) is 18.6. The van der Waals surface area contributed by atoms with E-state index in [1.165, 1.54) is 24.0 Å². The minimum Gasteiger partial charge on any atom is -0.493 e. The maximum absolute atomic E-state index is 12.4. The van der Waals surface area contributed by atoms with E-state index in [0.717, 1.165) is 0 Å². The zero-order valence-corrected chi connectivity index (χ0v) is 14.5. The molecule has 0 spiro atoms. The van der Waals surface area contributed by atoms with Gasteiger partial charge in [0.15, 0.2) is 11.5 Å². The van der Waals surface area contributed by atoms with Gasteiger partial charge in [-0.25, -0.2) is 0 Å². The highest BCUT2D eigenvalue weighted by atomic mass is 16.5. The molecule has 0 radical (unpaired) electrons. The van der Waals surface area contributed by atoms with Crippen molar-refractivity contribution in [3.05, 3.63) is 18.2 Å². The Morgan fingerprint density at radius 3 is 2.56 bits per heavy atom. The highest BCUT2D eigenvalue weighted by Crippen LogP contribution is 2.34. The molecule has 1 fully saturated rings. The molecule has 1 heterocycles. The van der Waals surface area contributed by atoms with Gasteiger partial charge in [0.05, 0.1) is 26.6 Å². The molecule has 0 aliphatic carbocycles. The van der Waals surface area contributed by atoms with Crippen LogP contribution in [0, 0.1) is 5.92 Å². The molecule has 1 aromatic rings. The van der Waals surface area contributed by atoms with E-state index in [1.807, 2.05) is 0 Å². The Morgan fingerprint density at radius 2 is 1.96 bits per heavy atom. The van der Waals surface area contributed by atoms with E-state index < -0.39 is 11.9 Å². The maximum atomic E-state index is 12.4. The van der Waals surface area contributed by atoms with Crippen molar-refractivity contribution in [1.29, 1.82) is 0 Å². The third kappa shape index (κ3) is 4.20. The van der Waals surface area contributed by atoms with Crippen molar-refractivity contribution < 1.29 is 29.0 Å². The lowest BCUT2D eigenvalue weighted by Crippen LogP contribution is -2.36. The average molecular weight is 350 g/mol. The standard InChI is InChI=1S/C17H22N2O6/c1-18(7-6-16(21)22)17(23)11-8-15(20)19(10-11)12-4-5-13(24-2)14(9-12)25-3/h4-5,9,11H,6-8,10H2,1-3H3,(H,21,22). The van der Waals surface area contributed by atoms with Crippen LogP contribution in [-0.4, -0.2) is 62.1 Å². The van der Waals surface area contributed by atoms with Gasteiger partial charge in [0.25, 0.3) is 0 Å². The van der Waals surface area contributed by atoms with Gasteiger partial charge in [0.2, 0.25) is 11.8 Å². The normalized spacial score (nSPS) is 16.7. The van der Waals surface area contributed by atoms with Crippen LogP contribution in [0.25, 0.3) is 0 Å². The van der Waals surface area contributed by atoms with Gasteiger partial charge in [-0.05, 0) is 12.1 Å². The van der Waals surface area contributed by atoms with Crippen LogP contribution in [0.2, 0.25) is 0 Å². The summed E-state index contributed by atoms with van der Waals surface area (Å²) in [6.07, 6.45) is -0.0209. The Labute approximate surface area is 145 Å². The predicted octanol–water partition coefficient (Wildman–Crippen LogP) is 0.990. The second-order valence-corrected chi connectivity index (χ2v) is 5.85. The number of nitrogens with zero attached hydrogens (tertiary/aromatic N) is 2. The number of ether oxygens (including phenoxy) is 2. The highest BCUT2D eigenvalue weighted by Gasteiger charge is 2.36. The molecule has 1 aliphatic heterocycles. The molecule has 2 amide bonds. The molecule has 8 heteroatoms. The van der Waals surface area contributed by atoms with Crippen LogP contribution >= 0.6 is 0 Å². The lowest BCUT2D eigenvalue weighted by Gasteiger charge is -2.21. The molecule has 0 aromatic heterocycles. The van der Waals surface area contributed by atoms with Crippen molar-refractivity contribution >= 4 is 23.5 Å². The molecule has 25 heavy (non-hydrogen) atoms. The summed E-state index contributed by atoms with van der Waals surface area (Å²) in [4.78, 5) is 38.3. The molecular formula is C17H22N2O6. The largest absolute Gasteiger partial charge is 0.493 e. The fourth-order valence-electron chi connectivity index (χ4n) is 2.80. The third-order valence-electron chi connectivity index (χ3n) is 4.19. The topological polar surface area (TPSA) is 96.4 Å². The lowest BCUT2D eigenvalue weighted by molar-refractivity contribution is -0.139. The van der Waals surface area contributed by atoms with Crippen LogP contribution in [0.1, 0.15) is 12.8 Å². The Bertz CT molecular complexity index is 675. The van der Waals surface area contributed by atoms with E-state index in [9.17, 15) is 14.4 Å². The summed E-state index contributed by atoms with van der Waals surface area (Å²) in [5.74, 6) is -0.775. The Kier molecular flexibility index (Phi) is 5.84. The third-order valence-corrected chi connectivity index (χ3v) is 4.19. The first-order valence-corrected chi connectivity index (χ1v) is 7.86. The first-order chi connectivity index (χ1) is 11.9. The number of hydrogen-bond donors (Lipinski definition) is 1. The SMILES string of the molecule is COc1ccc(N2CC(C(=O)N(C)CCC(=O)O)CC2=O)cc1OC.